The standard InChI is InChI=1S/C37H45N9O4/c1-48-32-23-27(24-33(49-2)34(32)50-3)35(47)45-20-13-37(26-45,28-9-14-38-15-10-28)12-19-43-16-6-17-44(22-21-43)36-40-30-7-4-5-8-31(30)46(36)18-11-29-25-39-42-41-29/h4-5,7-10,14-15,23-25H,6,11-13,16-22,26H2,1-3H3,(H,39,41,42). The Hall–Kier alpha value is -5.17. The van der Waals surface area contributed by atoms with Crippen LogP contribution in [-0.4, -0.2) is 113 Å². The first kappa shape index (κ1) is 33.3. The maximum Gasteiger partial charge on any atom is 0.254 e. The molecule has 2 fully saturated rings. The van der Waals surface area contributed by atoms with Crippen molar-refractivity contribution in [2.45, 2.75) is 37.6 Å². The van der Waals surface area contributed by atoms with Gasteiger partial charge in [0, 0.05) is 69.1 Å². The highest BCUT2D eigenvalue weighted by molar-refractivity contribution is 5.96. The zero-order valence-electron chi connectivity index (χ0n) is 29.0. The number of aryl methyl sites for hydroxylation is 2. The Morgan fingerprint density at radius 1 is 0.920 bits per heavy atom. The molecule has 0 bridgehead atoms. The van der Waals surface area contributed by atoms with Crippen LogP contribution in [0.15, 0.2) is 67.1 Å². The van der Waals surface area contributed by atoms with Crippen molar-refractivity contribution >= 4 is 22.9 Å². The summed E-state index contributed by atoms with van der Waals surface area (Å²) in [6.45, 7) is 6.78. The fraction of sp³-hybridized carbons (Fsp3) is 0.432. The number of methoxy groups -OCH3 is 3. The Kier molecular flexibility index (Phi) is 9.83. The number of ether oxygens (including phenoxy) is 3. The lowest BCUT2D eigenvalue weighted by Crippen LogP contribution is -2.39. The van der Waals surface area contributed by atoms with E-state index in [9.17, 15) is 4.79 Å². The van der Waals surface area contributed by atoms with Gasteiger partial charge in [-0.3, -0.25) is 9.78 Å². The number of rotatable bonds is 12. The van der Waals surface area contributed by atoms with Gasteiger partial charge in [0.05, 0.1) is 44.3 Å². The lowest BCUT2D eigenvalue weighted by molar-refractivity contribution is 0.0780. The average Bonchev–Trinajstić information content (AvgIpc) is 3.89. The van der Waals surface area contributed by atoms with Crippen LogP contribution in [0.3, 0.4) is 0 Å². The number of amides is 1. The quantitative estimate of drug-likeness (QED) is 0.205. The predicted octanol–water partition coefficient (Wildman–Crippen LogP) is 4.20. The van der Waals surface area contributed by atoms with Gasteiger partial charge in [0.25, 0.3) is 5.91 Å². The van der Waals surface area contributed by atoms with Crippen LogP contribution in [0.1, 0.15) is 40.9 Å². The summed E-state index contributed by atoms with van der Waals surface area (Å²) >= 11 is 0. The number of imidazole rings is 1. The first-order chi connectivity index (χ1) is 24.5. The first-order valence-corrected chi connectivity index (χ1v) is 17.3. The Morgan fingerprint density at radius 2 is 1.72 bits per heavy atom. The van der Waals surface area contributed by atoms with Crippen LogP contribution in [0.4, 0.5) is 5.95 Å². The summed E-state index contributed by atoms with van der Waals surface area (Å²) in [4.78, 5) is 30.4. The fourth-order valence-electron chi connectivity index (χ4n) is 7.59. The molecule has 3 aromatic heterocycles. The van der Waals surface area contributed by atoms with Crippen LogP contribution in [0.5, 0.6) is 17.2 Å². The zero-order chi connectivity index (χ0) is 34.5. The third-order valence-electron chi connectivity index (χ3n) is 10.3. The highest BCUT2D eigenvalue weighted by Gasteiger charge is 2.42. The van der Waals surface area contributed by atoms with Crippen molar-refractivity contribution in [3.8, 4) is 17.2 Å². The molecule has 0 spiro atoms. The molecule has 5 aromatic rings. The molecule has 0 aliphatic carbocycles. The van der Waals surface area contributed by atoms with Crippen molar-refractivity contribution in [1.82, 2.24) is 39.7 Å². The van der Waals surface area contributed by atoms with E-state index in [-0.39, 0.29) is 11.3 Å². The average molecular weight is 680 g/mol. The van der Waals surface area contributed by atoms with Crippen LogP contribution in [0.25, 0.3) is 11.0 Å². The molecule has 7 rings (SSSR count). The minimum atomic E-state index is -0.180. The van der Waals surface area contributed by atoms with Crippen molar-refractivity contribution in [3.63, 3.8) is 0 Å². The maximum absolute atomic E-state index is 14.0. The van der Waals surface area contributed by atoms with E-state index >= 15 is 0 Å². The summed E-state index contributed by atoms with van der Waals surface area (Å²) < 4.78 is 18.9. The Bertz CT molecular complexity index is 1870. The molecule has 0 saturated carbocycles. The van der Waals surface area contributed by atoms with Crippen molar-refractivity contribution in [2.24, 2.45) is 0 Å². The molecule has 50 heavy (non-hydrogen) atoms. The van der Waals surface area contributed by atoms with Crippen LogP contribution >= 0.6 is 0 Å². The third-order valence-corrected chi connectivity index (χ3v) is 10.3. The van der Waals surface area contributed by atoms with Gasteiger partial charge >= 0.3 is 0 Å². The molecule has 2 aliphatic heterocycles. The lowest BCUT2D eigenvalue weighted by Gasteiger charge is -2.33. The number of carbonyl (C=O) groups excluding carboxylic acids is 1. The van der Waals surface area contributed by atoms with Crippen LogP contribution in [0, 0.1) is 0 Å². The molecule has 1 N–H and O–H groups in total. The molecule has 2 aromatic carbocycles. The summed E-state index contributed by atoms with van der Waals surface area (Å²) in [5.74, 6) is 2.38. The zero-order valence-corrected chi connectivity index (χ0v) is 29.0. The van der Waals surface area contributed by atoms with E-state index in [4.69, 9.17) is 19.2 Å². The van der Waals surface area contributed by atoms with Crippen LogP contribution in [0.2, 0.25) is 0 Å². The molecule has 13 nitrogen and oxygen atoms in total. The number of pyridine rings is 1. The second-order valence-corrected chi connectivity index (χ2v) is 13.1. The van der Waals surface area contributed by atoms with Gasteiger partial charge in [-0.15, -0.1) is 0 Å². The highest BCUT2D eigenvalue weighted by Crippen LogP contribution is 2.41. The number of aromatic amines is 1. The lowest BCUT2D eigenvalue weighted by atomic mass is 9.77. The van der Waals surface area contributed by atoms with Gasteiger partial charge in [-0.1, -0.05) is 12.1 Å². The second-order valence-electron chi connectivity index (χ2n) is 13.1. The summed E-state index contributed by atoms with van der Waals surface area (Å²) in [7, 11) is 4.69. The Balaban J connectivity index is 1.06. The molecule has 5 heterocycles. The minimum Gasteiger partial charge on any atom is -0.493 e. The summed E-state index contributed by atoms with van der Waals surface area (Å²) in [6.07, 6.45) is 9.14. The number of benzene rings is 2. The van der Waals surface area contributed by atoms with Gasteiger partial charge in [-0.2, -0.15) is 15.4 Å². The van der Waals surface area contributed by atoms with E-state index in [0.29, 0.717) is 35.9 Å². The topological polar surface area (TPSA) is 127 Å². The molecule has 1 unspecified atom stereocenters. The molecule has 2 aliphatic rings. The highest BCUT2D eigenvalue weighted by atomic mass is 16.5. The number of fused-ring (bicyclic) bond motifs is 1. The third kappa shape index (κ3) is 6.69. The number of likely N-dealkylation sites (tertiary alicyclic amines) is 1. The van der Waals surface area contributed by atoms with Crippen molar-refractivity contribution < 1.29 is 19.0 Å². The van der Waals surface area contributed by atoms with Crippen molar-refractivity contribution in [2.75, 3.05) is 72.0 Å². The van der Waals surface area contributed by atoms with E-state index < -0.39 is 0 Å². The number of hydrogen-bond donors (Lipinski definition) is 1. The van der Waals surface area contributed by atoms with E-state index in [1.165, 1.54) is 5.56 Å². The number of hydrogen-bond acceptors (Lipinski definition) is 10. The van der Waals surface area contributed by atoms with E-state index in [1.54, 1.807) is 39.7 Å². The molecule has 262 valence electrons. The van der Waals surface area contributed by atoms with Crippen molar-refractivity contribution in [1.29, 1.82) is 0 Å². The molecule has 0 radical (unpaired) electrons. The monoisotopic (exact) mass is 679 g/mol. The van der Waals surface area contributed by atoms with Crippen molar-refractivity contribution in [3.05, 3.63) is 83.9 Å². The van der Waals surface area contributed by atoms with E-state index in [1.807, 2.05) is 23.4 Å². The molecule has 2 saturated heterocycles. The first-order valence-electron chi connectivity index (χ1n) is 17.3. The predicted molar refractivity (Wildman–Crippen MR) is 190 cm³/mol. The fourth-order valence-corrected chi connectivity index (χ4v) is 7.59. The molecule has 1 amide bonds. The van der Waals surface area contributed by atoms with Gasteiger partial charge in [0.2, 0.25) is 11.7 Å². The summed E-state index contributed by atoms with van der Waals surface area (Å²) in [5.41, 5.74) is 4.65. The summed E-state index contributed by atoms with van der Waals surface area (Å²) in [6, 6.07) is 16.1. The molecule has 13 heteroatoms. The Morgan fingerprint density at radius 3 is 2.46 bits per heavy atom. The van der Waals surface area contributed by atoms with E-state index in [0.717, 1.165) is 87.6 Å². The number of carbonyl (C=O) groups is 1. The van der Waals surface area contributed by atoms with Gasteiger partial charge in [-0.05, 0) is 74.3 Å². The number of anilines is 1. The summed E-state index contributed by atoms with van der Waals surface area (Å²) in [5, 5.41) is 11.0. The SMILES string of the molecule is COc1cc(C(=O)N2CCC(CCN3CCCN(c4nc5ccccc5n4CCc4cn[nH]n4)CC3)(c3ccncc3)C2)cc(OC)c1OC. The molecular weight excluding hydrogens is 634 g/mol. The van der Waals surface area contributed by atoms with Gasteiger partial charge < -0.3 is 33.5 Å². The normalized spacial score (nSPS) is 18.4. The number of nitrogens with zero attached hydrogens (tertiary/aromatic N) is 8. The van der Waals surface area contributed by atoms with Gasteiger partial charge in [-0.25, -0.2) is 4.98 Å². The van der Waals surface area contributed by atoms with E-state index in [2.05, 4.69) is 65.1 Å². The number of H-pyrrole nitrogens is 1. The Labute approximate surface area is 292 Å². The van der Waals surface area contributed by atoms with Crippen LogP contribution < -0.4 is 19.1 Å². The van der Waals surface area contributed by atoms with Crippen LogP contribution in [-0.2, 0) is 18.4 Å². The number of nitrogens with one attached hydrogen (secondary N) is 1. The minimum absolute atomic E-state index is 0.0444. The van der Waals surface area contributed by atoms with Gasteiger partial charge in [0.1, 0.15) is 0 Å². The molecular formula is C37H45N9O4. The second kappa shape index (κ2) is 14.8. The molecule has 1 atom stereocenters. The number of para-hydroxylation sites is 2. The number of aromatic nitrogens is 6. The smallest absolute Gasteiger partial charge is 0.254 e. The largest absolute Gasteiger partial charge is 0.493 e. The van der Waals surface area contributed by atoms with Gasteiger partial charge in [0.15, 0.2) is 11.5 Å². The maximum atomic E-state index is 14.0.